The van der Waals surface area contributed by atoms with E-state index < -0.39 is 0 Å². The second kappa shape index (κ2) is 6.02. The summed E-state index contributed by atoms with van der Waals surface area (Å²) in [6.07, 6.45) is 7.57. The number of benzene rings is 1. The minimum Gasteiger partial charge on any atom is -0.504 e. The summed E-state index contributed by atoms with van der Waals surface area (Å²) in [6.45, 7) is 2.25. The van der Waals surface area contributed by atoms with Crippen LogP contribution in [0, 0.1) is 23.7 Å². The SMILES string of the molecule is CCOc1cc(/C=N\N2C(=O)[C@@H]3[C@H](C2=O)[C@H]2C=C[C@H]3CC2)ccc1O. The maximum Gasteiger partial charge on any atom is 0.254 e. The van der Waals surface area contributed by atoms with Gasteiger partial charge < -0.3 is 9.84 Å². The van der Waals surface area contributed by atoms with Gasteiger partial charge in [0.05, 0.1) is 24.7 Å². The van der Waals surface area contributed by atoms with Crippen molar-refractivity contribution >= 4 is 18.0 Å². The molecule has 5 rings (SSSR count). The average Bonchev–Trinajstić information content (AvgIpc) is 2.90. The quantitative estimate of drug-likeness (QED) is 0.518. The van der Waals surface area contributed by atoms with E-state index in [1.54, 1.807) is 12.1 Å². The Hall–Kier alpha value is -2.63. The van der Waals surface area contributed by atoms with E-state index in [4.69, 9.17) is 4.74 Å². The van der Waals surface area contributed by atoms with Gasteiger partial charge in [-0.05, 0) is 55.4 Å². The highest BCUT2D eigenvalue weighted by atomic mass is 16.5. The van der Waals surface area contributed by atoms with E-state index >= 15 is 0 Å². The van der Waals surface area contributed by atoms with Crippen LogP contribution < -0.4 is 4.74 Å². The predicted octanol–water partition coefficient (Wildman–Crippen LogP) is 2.32. The Balaban J connectivity index is 1.57. The summed E-state index contributed by atoms with van der Waals surface area (Å²) in [7, 11) is 0. The summed E-state index contributed by atoms with van der Waals surface area (Å²) in [5.41, 5.74) is 0.651. The van der Waals surface area contributed by atoms with Crippen molar-refractivity contribution in [2.75, 3.05) is 6.61 Å². The Morgan fingerprint density at radius 1 is 1.20 bits per heavy atom. The molecule has 1 aromatic carbocycles. The number of rotatable bonds is 4. The number of fused-ring (bicyclic) bond motifs is 1. The fraction of sp³-hybridized carbons (Fsp3) is 0.421. The maximum absolute atomic E-state index is 12.7. The van der Waals surface area contributed by atoms with E-state index in [9.17, 15) is 14.7 Å². The lowest BCUT2D eigenvalue weighted by molar-refractivity contribution is -0.140. The van der Waals surface area contributed by atoms with Crippen LogP contribution in [0.5, 0.6) is 11.5 Å². The van der Waals surface area contributed by atoms with Gasteiger partial charge >= 0.3 is 0 Å². The number of hydrogen-bond acceptors (Lipinski definition) is 5. The molecule has 0 aromatic heterocycles. The van der Waals surface area contributed by atoms with Crippen LogP contribution in [0.2, 0.25) is 0 Å². The smallest absolute Gasteiger partial charge is 0.254 e. The number of ether oxygens (including phenoxy) is 1. The molecule has 4 aliphatic rings. The van der Waals surface area contributed by atoms with Crippen molar-refractivity contribution in [3.8, 4) is 11.5 Å². The van der Waals surface area contributed by atoms with Gasteiger partial charge in [0.2, 0.25) is 0 Å². The van der Waals surface area contributed by atoms with Gasteiger partial charge in [-0.25, -0.2) is 0 Å². The van der Waals surface area contributed by atoms with Crippen LogP contribution in [0.1, 0.15) is 25.3 Å². The van der Waals surface area contributed by atoms with E-state index in [1.165, 1.54) is 12.3 Å². The van der Waals surface area contributed by atoms with Crippen molar-refractivity contribution in [1.82, 2.24) is 5.01 Å². The second-order valence-corrected chi connectivity index (χ2v) is 6.73. The number of phenolic OH excluding ortho intramolecular Hbond substituents is 1. The van der Waals surface area contributed by atoms with Crippen molar-refractivity contribution in [2.45, 2.75) is 19.8 Å². The summed E-state index contributed by atoms with van der Waals surface area (Å²) in [5.74, 6) is -0.209. The number of carbonyl (C=O) groups excluding carboxylic acids is 2. The zero-order chi connectivity index (χ0) is 17.6. The second-order valence-electron chi connectivity index (χ2n) is 6.73. The Morgan fingerprint density at radius 3 is 2.40 bits per heavy atom. The number of aromatic hydroxyl groups is 1. The van der Waals surface area contributed by atoms with Crippen LogP contribution in [0.4, 0.5) is 0 Å². The third-order valence-corrected chi connectivity index (χ3v) is 5.34. The molecule has 25 heavy (non-hydrogen) atoms. The molecule has 1 aliphatic heterocycles. The zero-order valence-electron chi connectivity index (χ0n) is 14.0. The minimum absolute atomic E-state index is 0.0426. The topological polar surface area (TPSA) is 79.2 Å². The molecule has 2 fully saturated rings. The number of hydrazone groups is 1. The van der Waals surface area contributed by atoms with Gasteiger partial charge in [-0.15, -0.1) is 0 Å². The van der Waals surface area contributed by atoms with Gasteiger partial charge in [0.25, 0.3) is 11.8 Å². The van der Waals surface area contributed by atoms with E-state index in [1.807, 2.05) is 6.92 Å². The molecule has 1 aromatic rings. The number of hydrogen-bond donors (Lipinski definition) is 1. The molecular weight excluding hydrogens is 320 g/mol. The monoisotopic (exact) mass is 340 g/mol. The van der Waals surface area contributed by atoms with Crippen LogP contribution >= 0.6 is 0 Å². The number of imide groups is 1. The molecule has 1 N–H and O–H groups in total. The predicted molar refractivity (Wildman–Crippen MR) is 91.1 cm³/mol. The normalized spacial score (nSPS) is 30.4. The average molecular weight is 340 g/mol. The Kier molecular flexibility index (Phi) is 3.82. The number of allylic oxidation sites excluding steroid dienone is 2. The van der Waals surface area contributed by atoms with Crippen molar-refractivity contribution in [3.63, 3.8) is 0 Å². The summed E-state index contributed by atoms with van der Waals surface area (Å²) in [6, 6.07) is 4.79. The van der Waals surface area contributed by atoms with Gasteiger partial charge in [0, 0.05) is 0 Å². The summed E-state index contributed by atoms with van der Waals surface area (Å²) in [4.78, 5) is 25.4. The lowest BCUT2D eigenvalue weighted by Crippen LogP contribution is -2.38. The Labute approximate surface area is 145 Å². The molecule has 6 nitrogen and oxygen atoms in total. The van der Waals surface area contributed by atoms with Crippen LogP contribution in [0.25, 0.3) is 0 Å². The molecule has 2 amide bonds. The first kappa shape index (κ1) is 15.9. The highest BCUT2D eigenvalue weighted by molar-refractivity contribution is 6.06. The molecule has 0 radical (unpaired) electrons. The first-order chi connectivity index (χ1) is 12.1. The van der Waals surface area contributed by atoms with Gasteiger partial charge in [0.15, 0.2) is 11.5 Å². The third-order valence-electron chi connectivity index (χ3n) is 5.34. The third kappa shape index (κ3) is 2.52. The lowest BCUT2D eigenvalue weighted by Gasteiger charge is -2.37. The molecule has 1 heterocycles. The van der Waals surface area contributed by atoms with Crippen molar-refractivity contribution < 1.29 is 19.4 Å². The number of amides is 2. The molecule has 3 aliphatic carbocycles. The molecule has 2 bridgehead atoms. The first-order valence-corrected chi connectivity index (χ1v) is 8.66. The van der Waals surface area contributed by atoms with Crippen molar-refractivity contribution in [2.24, 2.45) is 28.8 Å². The lowest BCUT2D eigenvalue weighted by atomic mass is 9.63. The van der Waals surface area contributed by atoms with Crippen molar-refractivity contribution in [3.05, 3.63) is 35.9 Å². The zero-order valence-corrected chi connectivity index (χ0v) is 14.0. The molecule has 130 valence electrons. The fourth-order valence-electron chi connectivity index (χ4n) is 4.18. The molecule has 1 saturated heterocycles. The first-order valence-electron chi connectivity index (χ1n) is 8.66. The minimum atomic E-state index is -0.257. The fourth-order valence-corrected chi connectivity index (χ4v) is 4.18. The highest BCUT2D eigenvalue weighted by Crippen LogP contribution is 2.49. The Bertz CT molecular complexity index is 754. The number of phenols is 1. The molecule has 6 heteroatoms. The molecule has 4 atom stereocenters. The van der Waals surface area contributed by atoms with Crippen LogP contribution in [-0.2, 0) is 9.59 Å². The van der Waals surface area contributed by atoms with Crippen molar-refractivity contribution in [1.29, 1.82) is 0 Å². The van der Waals surface area contributed by atoms with E-state index in [-0.39, 0.29) is 41.2 Å². The Morgan fingerprint density at radius 2 is 1.84 bits per heavy atom. The molecular formula is C19H20N2O4. The molecule has 0 spiro atoms. The number of nitrogens with zero attached hydrogens (tertiary/aromatic N) is 2. The maximum atomic E-state index is 12.7. The van der Waals surface area contributed by atoms with Crippen LogP contribution in [0.3, 0.4) is 0 Å². The van der Waals surface area contributed by atoms with Gasteiger partial charge in [-0.1, -0.05) is 12.2 Å². The molecule has 1 saturated carbocycles. The van der Waals surface area contributed by atoms with E-state index in [0.29, 0.717) is 17.9 Å². The van der Waals surface area contributed by atoms with Gasteiger partial charge in [-0.2, -0.15) is 10.1 Å². The van der Waals surface area contributed by atoms with E-state index in [0.717, 1.165) is 17.9 Å². The van der Waals surface area contributed by atoms with Crippen LogP contribution in [-0.4, -0.2) is 34.8 Å². The van der Waals surface area contributed by atoms with Crippen LogP contribution in [0.15, 0.2) is 35.5 Å². The highest BCUT2D eigenvalue weighted by Gasteiger charge is 2.56. The standard InChI is InChI=1S/C19H20N2O4/c1-2-25-15-9-11(3-8-14(15)22)10-20-21-18(23)16-12-4-5-13(7-6-12)17(16)19(21)24/h3-5,8-10,12-13,16-17,22H,2,6-7H2,1H3/b20-10-/t12-,13-,16-,17+/m0/s1. The summed E-state index contributed by atoms with van der Waals surface area (Å²) < 4.78 is 5.34. The largest absolute Gasteiger partial charge is 0.504 e. The summed E-state index contributed by atoms with van der Waals surface area (Å²) in [5, 5.41) is 14.9. The van der Waals surface area contributed by atoms with E-state index in [2.05, 4.69) is 17.3 Å². The van der Waals surface area contributed by atoms with Gasteiger partial charge in [0.1, 0.15) is 0 Å². The summed E-state index contributed by atoms with van der Waals surface area (Å²) >= 11 is 0. The van der Waals surface area contributed by atoms with Gasteiger partial charge in [-0.3, -0.25) is 9.59 Å². The number of carbonyl (C=O) groups is 2. The molecule has 0 unspecified atom stereocenters.